The first kappa shape index (κ1) is 21.4. The van der Waals surface area contributed by atoms with Crippen LogP contribution in [0.5, 0.6) is 5.75 Å². The molecule has 0 saturated heterocycles. The molecule has 0 atom stereocenters. The van der Waals surface area contributed by atoms with E-state index in [1.54, 1.807) is 19.2 Å². The molecule has 5 N–H and O–H groups in total. The van der Waals surface area contributed by atoms with Crippen LogP contribution in [0.3, 0.4) is 0 Å². The van der Waals surface area contributed by atoms with Crippen molar-refractivity contribution in [1.82, 2.24) is 10.3 Å². The maximum Gasteiger partial charge on any atom is 0.438 e. The summed E-state index contributed by atoms with van der Waals surface area (Å²) in [6.07, 6.45) is 0. The molecule has 34 heavy (non-hydrogen) atoms. The number of carbonyl (C=O) groups is 1. The van der Waals surface area contributed by atoms with E-state index in [2.05, 4.69) is 5.27 Å². The lowest BCUT2D eigenvalue weighted by Gasteiger charge is -2.10. The van der Waals surface area contributed by atoms with Crippen molar-refractivity contribution < 1.29 is 18.7 Å². The second-order valence-electron chi connectivity index (χ2n) is 7.65. The van der Waals surface area contributed by atoms with Crippen molar-refractivity contribution in [2.24, 2.45) is 7.05 Å². The highest BCUT2D eigenvalue weighted by atomic mass is 32.1. The van der Waals surface area contributed by atoms with Gasteiger partial charge in [0.25, 0.3) is 5.78 Å². The number of rotatable bonds is 5. The van der Waals surface area contributed by atoms with Gasteiger partial charge in [-0.25, -0.2) is 9.78 Å². The Morgan fingerprint density at radius 1 is 1.12 bits per heavy atom. The first-order valence-electron chi connectivity index (χ1n) is 10.2. The van der Waals surface area contributed by atoms with Crippen molar-refractivity contribution in [1.29, 1.82) is 0 Å². The van der Waals surface area contributed by atoms with Crippen LogP contribution in [0.1, 0.15) is 15.4 Å². The van der Waals surface area contributed by atoms with Gasteiger partial charge < -0.3 is 16.2 Å². The minimum atomic E-state index is -0.770. The molecule has 0 aliphatic heterocycles. The SMILES string of the molecule is COc1cccc(-c2cc(-c3ccc(N)cc3)nc3sc(C(=O)c4c(=O)o[nH][n+]4C)c(N)c23)c1. The predicted octanol–water partition coefficient (Wildman–Crippen LogP) is 3.14. The topological polar surface area (TPSA) is 141 Å². The van der Waals surface area contributed by atoms with Gasteiger partial charge in [0.1, 0.15) is 15.5 Å². The zero-order valence-corrected chi connectivity index (χ0v) is 19.1. The number of fused-ring (bicyclic) bond motifs is 1. The first-order chi connectivity index (χ1) is 16.4. The number of aromatic nitrogens is 3. The van der Waals surface area contributed by atoms with Gasteiger partial charge in [0.15, 0.2) is 7.05 Å². The van der Waals surface area contributed by atoms with Gasteiger partial charge in [-0.1, -0.05) is 28.9 Å². The fourth-order valence-corrected chi connectivity index (χ4v) is 4.86. The fraction of sp³-hybridized carbons (Fsp3) is 0.0833. The number of nitrogen functional groups attached to an aromatic ring is 2. The number of nitrogens with two attached hydrogens (primary N) is 2. The summed E-state index contributed by atoms with van der Waals surface area (Å²) in [5, 5.41) is 2.99. The molecule has 10 heteroatoms. The number of methoxy groups -OCH3 is 1. The largest absolute Gasteiger partial charge is 0.497 e. The maximum atomic E-state index is 13.2. The number of hydrogen-bond donors (Lipinski definition) is 3. The number of nitrogens with one attached hydrogen (secondary N) is 1. The van der Waals surface area contributed by atoms with Crippen molar-refractivity contribution >= 4 is 38.7 Å². The normalized spacial score (nSPS) is 11.1. The van der Waals surface area contributed by atoms with E-state index >= 15 is 0 Å². The molecule has 0 spiro atoms. The Morgan fingerprint density at radius 2 is 1.88 bits per heavy atom. The van der Waals surface area contributed by atoms with E-state index in [1.165, 1.54) is 11.7 Å². The molecule has 0 unspecified atom stereocenters. The minimum absolute atomic E-state index is 0.153. The van der Waals surface area contributed by atoms with Gasteiger partial charge >= 0.3 is 11.3 Å². The Morgan fingerprint density at radius 3 is 2.56 bits per heavy atom. The lowest BCUT2D eigenvalue weighted by molar-refractivity contribution is -0.741. The van der Waals surface area contributed by atoms with Gasteiger partial charge in [-0.3, -0.25) is 9.32 Å². The van der Waals surface area contributed by atoms with Crippen LogP contribution in [0.25, 0.3) is 32.6 Å². The number of anilines is 2. The van der Waals surface area contributed by atoms with E-state index in [0.717, 1.165) is 28.0 Å². The van der Waals surface area contributed by atoms with E-state index in [0.29, 0.717) is 27.3 Å². The van der Waals surface area contributed by atoms with Crippen LogP contribution < -0.4 is 26.5 Å². The van der Waals surface area contributed by atoms with Crippen molar-refractivity contribution in [2.75, 3.05) is 18.6 Å². The highest BCUT2D eigenvalue weighted by molar-refractivity contribution is 7.21. The molecule has 2 aromatic carbocycles. The van der Waals surface area contributed by atoms with Crippen LogP contribution in [-0.4, -0.2) is 23.1 Å². The summed E-state index contributed by atoms with van der Waals surface area (Å²) >= 11 is 1.13. The van der Waals surface area contributed by atoms with Crippen LogP contribution in [-0.2, 0) is 7.05 Å². The highest BCUT2D eigenvalue weighted by Crippen LogP contribution is 2.42. The smallest absolute Gasteiger partial charge is 0.438 e. The van der Waals surface area contributed by atoms with Crippen LogP contribution >= 0.6 is 11.3 Å². The average Bonchev–Trinajstić information content (AvgIpc) is 3.37. The fourth-order valence-electron chi connectivity index (χ4n) is 3.80. The lowest BCUT2D eigenvalue weighted by Crippen LogP contribution is -2.39. The standard InChI is InChI=1S/C24H19N5O4S/c1-29-20(24(31)33-28-29)21(30)22-19(26)18-16(13-4-3-5-15(10-13)32-2)11-17(27-23(18)34-22)12-6-8-14(25)9-7-12/h3-11H,1-2H3,(H4-,25,26,27,28,30,31)/p+1. The van der Waals surface area contributed by atoms with E-state index in [-0.39, 0.29) is 16.3 Å². The number of pyridine rings is 1. The van der Waals surface area contributed by atoms with Gasteiger partial charge in [-0.15, -0.1) is 11.3 Å². The third-order valence-electron chi connectivity index (χ3n) is 5.51. The Balaban J connectivity index is 1.79. The Hall–Kier alpha value is -4.44. The molecule has 5 aromatic rings. The molecule has 0 amide bonds. The summed E-state index contributed by atoms with van der Waals surface area (Å²) in [6, 6.07) is 16.8. The van der Waals surface area contributed by atoms with Crippen LogP contribution in [0.4, 0.5) is 11.4 Å². The van der Waals surface area contributed by atoms with Crippen molar-refractivity contribution in [3.05, 3.63) is 75.6 Å². The number of thiophene rings is 1. The summed E-state index contributed by atoms with van der Waals surface area (Å²) in [5.41, 5.74) is 15.5. The predicted molar refractivity (Wildman–Crippen MR) is 130 cm³/mol. The Labute approximate surface area is 197 Å². The molecule has 0 bridgehead atoms. The molecule has 0 saturated carbocycles. The molecule has 0 radical (unpaired) electrons. The number of benzene rings is 2. The molecule has 3 heterocycles. The molecule has 3 aromatic heterocycles. The highest BCUT2D eigenvalue weighted by Gasteiger charge is 2.32. The number of hydrogen-bond acceptors (Lipinski definition) is 8. The van der Waals surface area contributed by atoms with Crippen LogP contribution in [0, 0.1) is 0 Å². The molecule has 170 valence electrons. The summed E-state index contributed by atoms with van der Waals surface area (Å²) in [6.45, 7) is 0. The van der Waals surface area contributed by atoms with E-state index in [9.17, 15) is 9.59 Å². The molecule has 0 aliphatic carbocycles. The maximum absolute atomic E-state index is 13.2. The monoisotopic (exact) mass is 474 g/mol. The van der Waals surface area contributed by atoms with Gasteiger partial charge in [-0.05, 0) is 46.7 Å². The number of carbonyl (C=O) groups excluding carboxylic acids is 1. The summed E-state index contributed by atoms with van der Waals surface area (Å²) in [4.78, 5) is 30.9. The average molecular weight is 475 g/mol. The van der Waals surface area contributed by atoms with Gasteiger partial charge in [0, 0.05) is 16.6 Å². The number of nitrogens with zero attached hydrogens (tertiary/aromatic N) is 2. The Kier molecular flexibility index (Phi) is 5.14. The molecule has 0 aliphatic rings. The molecular weight excluding hydrogens is 454 g/mol. The Bertz CT molecular complexity index is 1620. The number of aryl methyl sites for hydroxylation is 1. The molecule has 9 nitrogen and oxygen atoms in total. The summed E-state index contributed by atoms with van der Waals surface area (Å²) in [5.74, 6) is 0.141. The van der Waals surface area contributed by atoms with Crippen molar-refractivity contribution in [3.63, 3.8) is 0 Å². The quantitative estimate of drug-likeness (QED) is 0.202. The third-order valence-corrected chi connectivity index (χ3v) is 6.61. The van der Waals surface area contributed by atoms with Gasteiger partial charge in [0.2, 0.25) is 0 Å². The van der Waals surface area contributed by atoms with Gasteiger partial charge in [-0.2, -0.15) is 0 Å². The summed E-state index contributed by atoms with van der Waals surface area (Å²) in [7, 11) is 3.11. The van der Waals surface area contributed by atoms with Crippen LogP contribution in [0.2, 0.25) is 0 Å². The number of ether oxygens (including phenoxy) is 1. The van der Waals surface area contributed by atoms with Crippen LogP contribution in [0.15, 0.2) is 63.9 Å². The first-order valence-corrected chi connectivity index (χ1v) is 11.0. The lowest BCUT2D eigenvalue weighted by atomic mass is 9.99. The van der Waals surface area contributed by atoms with E-state index in [4.69, 9.17) is 25.7 Å². The molecule has 0 fully saturated rings. The zero-order valence-electron chi connectivity index (χ0n) is 18.3. The minimum Gasteiger partial charge on any atom is -0.497 e. The van der Waals surface area contributed by atoms with E-state index < -0.39 is 11.4 Å². The zero-order chi connectivity index (χ0) is 24.0. The molecular formula is C24H20N5O4S+. The summed E-state index contributed by atoms with van der Waals surface area (Å²) < 4.78 is 11.4. The third kappa shape index (κ3) is 3.50. The van der Waals surface area contributed by atoms with Crippen molar-refractivity contribution in [2.45, 2.75) is 0 Å². The number of H-pyrrole nitrogens is 1. The second-order valence-corrected chi connectivity index (χ2v) is 8.65. The number of ketones is 1. The van der Waals surface area contributed by atoms with Crippen molar-refractivity contribution in [3.8, 4) is 28.1 Å². The second kappa shape index (κ2) is 8.16. The molecule has 5 rings (SSSR count). The van der Waals surface area contributed by atoms with Gasteiger partial charge in [0.05, 0.1) is 18.5 Å². The number of aromatic amines is 1. The van der Waals surface area contributed by atoms with E-state index in [1.807, 2.05) is 42.5 Å².